The first kappa shape index (κ1) is 18.7. The summed E-state index contributed by atoms with van der Waals surface area (Å²) in [7, 11) is 0. The van der Waals surface area contributed by atoms with Gasteiger partial charge in [-0.3, -0.25) is 4.79 Å². The molecule has 2 aromatic heterocycles. The van der Waals surface area contributed by atoms with Crippen LogP contribution in [0.25, 0.3) is 11.1 Å². The highest BCUT2D eigenvalue weighted by Gasteiger charge is 2.27. The fourth-order valence-electron chi connectivity index (χ4n) is 3.08. The maximum atomic E-state index is 12.6. The highest BCUT2D eigenvalue weighted by Crippen LogP contribution is 2.22. The molecule has 4 rings (SSSR count). The van der Waals surface area contributed by atoms with E-state index in [4.69, 9.17) is 10.2 Å². The standard InChI is InChI=1S/C18H20N4O2S.ClH/c19-14(12-13-4-3-11-25-13)17(23)21-7-9-22(10-8-21)18-20-15-5-1-2-6-16(15)24-18;/h1-6,11,14H,7-10,12,19H2;1H/t14-;/m0./s1. The van der Waals surface area contributed by atoms with Gasteiger partial charge in [-0.2, -0.15) is 4.98 Å². The van der Waals surface area contributed by atoms with Crippen LogP contribution in [0.2, 0.25) is 0 Å². The lowest BCUT2D eigenvalue weighted by atomic mass is 10.1. The Balaban J connectivity index is 0.00000196. The van der Waals surface area contributed by atoms with Crippen LogP contribution < -0.4 is 10.6 Å². The van der Waals surface area contributed by atoms with Crippen LogP contribution in [0.4, 0.5) is 6.01 Å². The molecule has 138 valence electrons. The molecular formula is C18H21ClN4O2S. The molecule has 1 aliphatic rings. The number of nitrogens with zero attached hydrogens (tertiary/aromatic N) is 3. The van der Waals surface area contributed by atoms with Crippen LogP contribution in [0.1, 0.15) is 4.88 Å². The number of aromatic nitrogens is 1. The maximum Gasteiger partial charge on any atom is 0.298 e. The molecule has 26 heavy (non-hydrogen) atoms. The topological polar surface area (TPSA) is 75.6 Å². The summed E-state index contributed by atoms with van der Waals surface area (Å²) in [4.78, 5) is 22.1. The molecule has 0 aliphatic carbocycles. The summed E-state index contributed by atoms with van der Waals surface area (Å²) in [5.41, 5.74) is 7.75. The van der Waals surface area contributed by atoms with Crippen molar-refractivity contribution in [1.82, 2.24) is 9.88 Å². The second kappa shape index (κ2) is 8.07. The summed E-state index contributed by atoms with van der Waals surface area (Å²) in [6.45, 7) is 2.67. The van der Waals surface area contributed by atoms with Crippen LogP contribution in [-0.2, 0) is 11.2 Å². The lowest BCUT2D eigenvalue weighted by molar-refractivity contribution is -0.132. The Morgan fingerprint density at radius 1 is 1.19 bits per heavy atom. The second-order valence-corrected chi connectivity index (χ2v) is 7.20. The van der Waals surface area contributed by atoms with E-state index in [1.807, 2.05) is 46.7 Å². The van der Waals surface area contributed by atoms with Gasteiger partial charge in [-0.25, -0.2) is 0 Å². The average Bonchev–Trinajstić information content (AvgIpc) is 3.30. The summed E-state index contributed by atoms with van der Waals surface area (Å²) in [6, 6.07) is 11.9. The minimum Gasteiger partial charge on any atom is -0.423 e. The molecule has 1 amide bonds. The molecule has 2 N–H and O–H groups in total. The summed E-state index contributed by atoms with van der Waals surface area (Å²) in [5.74, 6) is 0.0191. The van der Waals surface area contributed by atoms with Gasteiger partial charge in [-0.05, 0) is 23.6 Å². The minimum atomic E-state index is -0.477. The van der Waals surface area contributed by atoms with Crippen LogP contribution >= 0.6 is 23.7 Å². The second-order valence-electron chi connectivity index (χ2n) is 6.17. The lowest BCUT2D eigenvalue weighted by Crippen LogP contribution is -2.53. The molecule has 1 atom stereocenters. The van der Waals surface area contributed by atoms with Gasteiger partial charge in [-0.15, -0.1) is 23.7 Å². The predicted octanol–water partition coefficient (Wildman–Crippen LogP) is 2.53. The van der Waals surface area contributed by atoms with Crippen LogP contribution in [0, 0.1) is 0 Å². The van der Waals surface area contributed by atoms with Gasteiger partial charge in [0.25, 0.3) is 6.01 Å². The third-order valence-corrected chi connectivity index (χ3v) is 5.36. The van der Waals surface area contributed by atoms with Crippen molar-refractivity contribution in [2.24, 2.45) is 5.73 Å². The van der Waals surface area contributed by atoms with Crippen LogP contribution in [-0.4, -0.2) is 48.0 Å². The molecule has 3 heterocycles. The Kier molecular flexibility index (Phi) is 5.80. The van der Waals surface area contributed by atoms with Crippen LogP contribution in [0.5, 0.6) is 0 Å². The van der Waals surface area contributed by atoms with Crippen LogP contribution in [0.3, 0.4) is 0 Å². The van der Waals surface area contributed by atoms with Crippen molar-refractivity contribution < 1.29 is 9.21 Å². The van der Waals surface area contributed by atoms with E-state index in [9.17, 15) is 4.79 Å². The zero-order valence-electron chi connectivity index (χ0n) is 14.2. The molecule has 0 bridgehead atoms. The number of fused-ring (bicyclic) bond motifs is 1. The van der Waals surface area contributed by atoms with Crippen LogP contribution in [0.15, 0.2) is 46.2 Å². The Hall–Kier alpha value is -2.09. The number of benzene rings is 1. The number of hydrogen-bond acceptors (Lipinski definition) is 6. The molecule has 6 nitrogen and oxygen atoms in total. The van der Waals surface area contributed by atoms with Gasteiger partial charge in [0.15, 0.2) is 5.58 Å². The summed E-state index contributed by atoms with van der Waals surface area (Å²) in [5, 5.41) is 2.01. The smallest absolute Gasteiger partial charge is 0.298 e. The normalized spacial score (nSPS) is 15.7. The molecule has 8 heteroatoms. The first-order valence-electron chi connectivity index (χ1n) is 8.38. The fraction of sp³-hybridized carbons (Fsp3) is 0.333. The van der Waals surface area contributed by atoms with Crippen molar-refractivity contribution in [2.45, 2.75) is 12.5 Å². The van der Waals surface area contributed by atoms with Gasteiger partial charge in [0.1, 0.15) is 5.52 Å². The van der Waals surface area contributed by atoms with E-state index in [0.717, 1.165) is 16.0 Å². The third kappa shape index (κ3) is 3.85. The Morgan fingerprint density at radius 2 is 1.96 bits per heavy atom. The fourth-order valence-corrected chi connectivity index (χ4v) is 3.85. The predicted molar refractivity (Wildman–Crippen MR) is 106 cm³/mol. The third-order valence-electron chi connectivity index (χ3n) is 4.46. The average molecular weight is 393 g/mol. The van der Waals surface area contributed by atoms with Crippen molar-refractivity contribution in [3.8, 4) is 0 Å². The SMILES string of the molecule is Cl.N[C@@H](Cc1cccs1)C(=O)N1CCN(c2nc3ccccc3o2)CC1. The van der Waals surface area contributed by atoms with Gasteiger partial charge < -0.3 is 20.0 Å². The van der Waals surface area contributed by atoms with Gasteiger partial charge in [0, 0.05) is 37.5 Å². The number of para-hydroxylation sites is 2. The number of amides is 1. The Bertz CT molecular complexity index is 826. The molecule has 0 radical (unpaired) electrons. The van der Waals surface area contributed by atoms with Crippen molar-refractivity contribution in [3.05, 3.63) is 46.7 Å². The number of piperazine rings is 1. The molecule has 1 fully saturated rings. The zero-order valence-corrected chi connectivity index (χ0v) is 15.8. The molecular weight excluding hydrogens is 372 g/mol. The van der Waals surface area contributed by atoms with Crippen molar-refractivity contribution in [2.75, 3.05) is 31.1 Å². The van der Waals surface area contributed by atoms with E-state index in [0.29, 0.717) is 38.6 Å². The molecule has 0 spiro atoms. The highest BCUT2D eigenvalue weighted by molar-refractivity contribution is 7.09. The highest BCUT2D eigenvalue weighted by atomic mass is 35.5. The Morgan fingerprint density at radius 3 is 2.65 bits per heavy atom. The number of anilines is 1. The van der Waals surface area contributed by atoms with Crippen molar-refractivity contribution in [3.63, 3.8) is 0 Å². The largest absolute Gasteiger partial charge is 0.423 e. The molecule has 1 aromatic carbocycles. The van der Waals surface area contributed by atoms with E-state index in [2.05, 4.69) is 9.88 Å². The summed E-state index contributed by atoms with van der Waals surface area (Å²) in [6.07, 6.45) is 0.599. The molecule has 1 aliphatic heterocycles. The molecule has 1 saturated heterocycles. The Labute approximate surface area is 162 Å². The van der Waals surface area contributed by atoms with Gasteiger partial charge >= 0.3 is 0 Å². The first-order valence-corrected chi connectivity index (χ1v) is 9.26. The number of carbonyl (C=O) groups excluding carboxylic acids is 1. The number of thiophene rings is 1. The number of rotatable bonds is 4. The van der Waals surface area contributed by atoms with E-state index in [-0.39, 0.29) is 18.3 Å². The van der Waals surface area contributed by atoms with E-state index >= 15 is 0 Å². The number of oxazole rings is 1. The minimum absolute atomic E-state index is 0. The summed E-state index contributed by atoms with van der Waals surface area (Å²) >= 11 is 1.64. The van der Waals surface area contributed by atoms with Crippen molar-refractivity contribution in [1.29, 1.82) is 0 Å². The molecule has 0 saturated carbocycles. The number of carbonyl (C=O) groups is 1. The van der Waals surface area contributed by atoms with E-state index in [1.165, 1.54) is 0 Å². The number of nitrogens with two attached hydrogens (primary N) is 1. The zero-order chi connectivity index (χ0) is 17.2. The molecule has 3 aromatic rings. The quantitative estimate of drug-likeness (QED) is 0.738. The summed E-state index contributed by atoms with van der Waals surface area (Å²) < 4.78 is 5.81. The number of hydrogen-bond donors (Lipinski definition) is 1. The molecule has 0 unspecified atom stereocenters. The van der Waals surface area contributed by atoms with E-state index < -0.39 is 6.04 Å². The monoisotopic (exact) mass is 392 g/mol. The first-order chi connectivity index (χ1) is 12.2. The maximum absolute atomic E-state index is 12.6. The van der Waals surface area contributed by atoms with Gasteiger partial charge in [0.2, 0.25) is 5.91 Å². The van der Waals surface area contributed by atoms with Gasteiger partial charge in [-0.1, -0.05) is 18.2 Å². The van der Waals surface area contributed by atoms with E-state index in [1.54, 1.807) is 11.3 Å². The van der Waals surface area contributed by atoms with Gasteiger partial charge in [0.05, 0.1) is 6.04 Å². The number of halogens is 1. The lowest BCUT2D eigenvalue weighted by Gasteiger charge is -2.35. The van der Waals surface area contributed by atoms with Crippen molar-refractivity contribution >= 4 is 46.8 Å².